The third kappa shape index (κ3) is 5.44. The lowest BCUT2D eigenvalue weighted by molar-refractivity contribution is 0.102. The molecule has 31 heavy (non-hydrogen) atoms. The Balaban J connectivity index is 1.77. The SMILES string of the molecule is Cc1ccccc1C(=O)Nc1ccc(S(=O)(=O)N[C@H](C)C2CCN(C)CC2)c(F)c1Cl. The van der Waals surface area contributed by atoms with Gasteiger partial charge in [-0.15, -0.1) is 0 Å². The van der Waals surface area contributed by atoms with Crippen LogP contribution in [0, 0.1) is 18.7 Å². The first-order valence-electron chi connectivity index (χ1n) is 10.2. The van der Waals surface area contributed by atoms with Crippen molar-refractivity contribution in [2.45, 2.75) is 37.6 Å². The van der Waals surface area contributed by atoms with Crippen LogP contribution in [0.5, 0.6) is 0 Å². The molecule has 1 atom stereocenters. The van der Waals surface area contributed by atoms with E-state index < -0.39 is 31.7 Å². The number of likely N-dealkylation sites (tertiary alicyclic amines) is 1. The molecule has 0 saturated carbocycles. The van der Waals surface area contributed by atoms with Gasteiger partial charge < -0.3 is 10.2 Å². The fraction of sp³-hybridized carbons (Fsp3) is 0.409. The largest absolute Gasteiger partial charge is 0.321 e. The summed E-state index contributed by atoms with van der Waals surface area (Å²) in [6.45, 7) is 5.37. The third-order valence-corrected chi connectivity index (χ3v) is 7.73. The molecule has 0 radical (unpaired) electrons. The Labute approximate surface area is 187 Å². The van der Waals surface area contributed by atoms with E-state index in [2.05, 4.69) is 14.9 Å². The molecule has 9 heteroatoms. The van der Waals surface area contributed by atoms with E-state index in [0.29, 0.717) is 5.56 Å². The van der Waals surface area contributed by atoms with Crippen LogP contribution in [-0.4, -0.2) is 45.4 Å². The Hall–Kier alpha value is -2.00. The Bertz CT molecular complexity index is 1070. The summed E-state index contributed by atoms with van der Waals surface area (Å²) in [5.74, 6) is -1.37. The van der Waals surface area contributed by atoms with Gasteiger partial charge in [0.1, 0.15) is 9.92 Å². The number of hydrogen-bond donors (Lipinski definition) is 2. The Morgan fingerprint density at radius 1 is 1.19 bits per heavy atom. The van der Waals surface area contributed by atoms with Crippen molar-refractivity contribution in [3.05, 3.63) is 58.4 Å². The second kappa shape index (κ2) is 9.65. The molecule has 1 fully saturated rings. The van der Waals surface area contributed by atoms with Gasteiger partial charge in [-0.3, -0.25) is 4.79 Å². The molecule has 6 nitrogen and oxygen atoms in total. The highest BCUT2D eigenvalue weighted by atomic mass is 35.5. The van der Waals surface area contributed by atoms with E-state index in [1.807, 2.05) is 7.05 Å². The molecule has 0 unspecified atom stereocenters. The number of nitrogens with zero attached hydrogens (tertiary/aromatic N) is 1. The third-order valence-electron chi connectivity index (χ3n) is 5.79. The molecular formula is C22H27ClFN3O3S. The van der Waals surface area contributed by atoms with Crippen LogP contribution < -0.4 is 10.0 Å². The number of nitrogens with one attached hydrogen (secondary N) is 2. The highest BCUT2D eigenvalue weighted by molar-refractivity contribution is 7.89. The van der Waals surface area contributed by atoms with Crippen molar-refractivity contribution in [3.8, 4) is 0 Å². The Kier molecular flexibility index (Phi) is 7.36. The molecule has 1 aliphatic heterocycles. The number of anilines is 1. The van der Waals surface area contributed by atoms with Crippen LogP contribution >= 0.6 is 11.6 Å². The summed E-state index contributed by atoms with van der Waals surface area (Å²) in [5, 5.41) is 2.11. The first kappa shape index (κ1) is 23.7. The van der Waals surface area contributed by atoms with Gasteiger partial charge in [-0.05, 0) is 76.5 Å². The van der Waals surface area contributed by atoms with Crippen LogP contribution in [0.1, 0.15) is 35.7 Å². The van der Waals surface area contributed by atoms with Crippen LogP contribution in [0.25, 0.3) is 0 Å². The van der Waals surface area contributed by atoms with Gasteiger partial charge in [0, 0.05) is 11.6 Å². The van der Waals surface area contributed by atoms with Crippen molar-refractivity contribution in [3.63, 3.8) is 0 Å². The van der Waals surface area contributed by atoms with Gasteiger partial charge >= 0.3 is 0 Å². The Morgan fingerprint density at radius 2 is 1.84 bits per heavy atom. The lowest BCUT2D eigenvalue weighted by Crippen LogP contribution is -2.43. The summed E-state index contributed by atoms with van der Waals surface area (Å²) in [7, 11) is -2.09. The molecule has 0 bridgehead atoms. The van der Waals surface area contributed by atoms with Crippen LogP contribution in [0.3, 0.4) is 0 Å². The maximum absolute atomic E-state index is 14.9. The van der Waals surface area contributed by atoms with E-state index >= 15 is 0 Å². The monoisotopic (exact) mass is 467 g/mol. The summed E-state index contributed by atoms with van der Waals surface area (Å²) >= 11 is 6.09. The molecule has 0 aliphatic carbocycles. The maximum atomic E-state index is 14.9. The molecule has 0 aromatic heterocycles. The topological polar surface area (TPSA) is 78.5 Å². The van der Waals surface area contributed by atoms with E-state index in [9.17, 15) is 17.6 Å². The van der Waals surface area contributed by atoms with E-state index in [4.69, 9.17) is 11.6 Å². The zero-order valence-electron chi connectivity index (χ0n) is 17.8. The van der Waals surface area contributed by atoms with Gasteiger partial charge in [0.25, 0.3) is 5.91 Å². The molecule has 2 N–H and O–H groups in total. The predicted molar refractivity (Wildman–Crippen MR) is 121 cm³/mol. The van der Waals surface area contributed by atoms with Crippen LogP contribution in [0.15, 0.2) is 41.3 Å². The van der Waals surface area contributed by atoms with Gasteiger partial charge in [-0.25, -0.2) is 17.5 Å². The summed E-state index contributed by atoms with van der Waals surface area (Å²) in [6.07, 6.45) is 1.74. The van der Waals surface area contributed by atoms with Crippen molar-refractivity contribution >= 4 is 33.2 Å². The minimum Gasteiger partial charge on any atom is -0.321 e. The van der Waals surface area contributed by atoms with Crippen LogP contribution in [0.4, 0.5) is 10.1 Å². The maximum Gasteiger partial charge on any atom is 0.255 e. The number of carbonyl (C=O) groups excluding carboxylic acids is 1. The summed E-state index contributed by atoms with van der Waals surface area (Å²) in [6, 6.07) is 9.03. The van der Waals surface area contributed by atoms with Gasteiger partial charge in [-0.1, -0.05) is 29.8 Å². The number of rotatable bonds is 6. The first-order chi connectivity index (χ1) is 14.6. The zero-order valence-corrected chi connectivity index (χ0v) is 19.4. The van der Waals surface area contributed by atoms with Crippen molar-refractivity contribution in [1.29, 1.82) is 0 Å². The van der Waals surface area contributed by atoms with Crippen molar-refractivity contribution in [2.75, 3.05) is 25.5 Å². The number of benzene rings is 2. The van der Waals surface area contributed by atoms with E-state index in [1.165, 1.54) is 6.07 Å². The summed E-state index contributed by atoms with van der Waals surface area (Å²) in [4.78, 5) is 14.2. The van der Waals surface area contributed by atoms with Gasteiger partial charge in [-0.2, -0.15) is 0 Å². The van der Waals surface area contributed by atoms with Crippen molar-refractivity contribution in [1.82, 2.24) is 9.62 Å². The average molecular weight is 468 g/mol. The van der Waals surface area contributed by atoms with E-state index in [1.54, 1.807) is 38.1 Å². The number of halogens is 2. The van der Waals surface area contributed by atoms with Crippen LogP contribution in [-0.2, 0) is 10.0 Å². The van der Waals surface area contributed by atoms with Gasteiger partial charge in [0.05, 0.1) is 5.69 Å². The molecule has 2 aromatic rings. The van der Waals surface area contributed by atoms with Crippen LogP contribution in [0.2, 0.25) is 5.02 Å². The van der Waals surface area contributed by atoms with E-state index in [0.717, 1.165) is 37.6 Å². The van der Waals surface area contributed by atoms with Crippen molar-refractivity contribution < 1.29 is 17.6 Å². The lowest BCUT2D eigenvalue weighted by Gasteiger charge is -2.32. The predicted octanol–water partition coefficient (Wildman–Crippen LogP) is 4.05. The molecule has 3 rings (SSSR count). The molecular weight excluding hydrogens is 441 g/mol. The highest BCUT2D eigenvalue weighted by Gasteiger charge is 2.29. The lowest BCUT2D eigenvalue weighted by atomic mass is 9.91. The molecule has 2 aromatic carbocycles. The minimum atomic E-state index is -4.12. The molecule has 168 valence electrons. The van der Waals surface area contributed by atoms with Gasteiger partial charge in [0.2, 0.25) is 10.0 Å². The minimum absolute atomic E-state index is 0.00901. The van der Waals surface area contributed by atoms with Gasteiger partial charge in [0.15, 0.2) is 5.82 Å². The molecule has 1 aliphatic rings. The first-order valence-corrected chi connectivity index (χ1v) is 12.0. The summed E-state index contributed by atoms with van der Waals surface area (Å²) in [5.41, 5.74) is 1.18. The van der Waals surface area contributed by atoms with E-state index in [-0.39, 0.29) is 17.6 Å². The quantitative estimate of drug-likeness (QED) is 0.671. The van der Waals surface area contributed by atoms with Crippen molar-refractivity contribution in [2.24, 2.45) is 5.92 Å². The number of carbonyl (C=O) groups is 1. The zero-order chi connectivity index (χ0) is 22.8. The number of sulfonamides is 1. The average Bonchev–Trinajstić information content (AvgIpc) is 2.71. The highest BCUT2D eigenvalue weighted by Crippen LogP contribution is 2.31. The second-order valence-corrected chi connectivity index (χ2v) is 10.1. The standard InChI is InChI=1S/C22H27ClFN3O3S/c1-14-6-4-5-7-17(14)22(28)25-18-8-9-19(21(24)20(18)23)31(29,30)26-15(2)16-10-12-27(3)13-11-16/h4-9,15-16,26H,10-13H2,1-3H3,(H,25,28)/t15-/m1/s1. The fourth-order valence-corrected chi connectivity index (χ4v) is 5.45. The smallest absolute Gasteiger partial charge is 0.255 e. The normalized spacial score (nSPS) is 16.8. The molecule has 1 amide bonds. The molecule has 1 heterocycles. The number of aryl methyl sites for hydroxylation is 1. The summed E-state index contributed by atoms with van der Waals surface area (Å²) < 4.78 is 43.1. The Morgan fingerprint density at radius 3 is 2.48 bits per heavy atom. The molecule has 1 saturated heterocycles. The number of piperidine rings is 1. The fourth-order valence-electron chi connectivity index (χ4n) is 3.79. The second-order valence-electron chi connectivity index (χ2n) is 8.06. The molecule has 0 spiro atoms. The number of amides is 1. The number of hydrogen-bond acceptors (Lipinski definition) is 4.